The van der Waals surface area contributed by atoms with Crippen molar-refractivity contribution in [2.24, 2.45) is 0 Å². The summed E-state index contributed by atoms with van der Waals surface area (Å²) in [6.07, 6.45) is 1.54. The second kappa shape index (κ2) is 8.25. The van der Waals surface area contributed by atoms with Crippen LogP contribution in [0.4, 0.5) is 4.79 Å². The molecule has 0 radical (unpaired) electrons. The lowest BCUT2D eigenvalue weighted by atomic mass is 10.1. The van der Waals surface area contributed by atoms with E-state index in [4.69, 9.17) is 9.47 Å². The van der Waals surface area contributed by atoms with Crippen LogP contribution >= 0.6 is 0 Å². The normalized spacial score (nSPS) is 25.1. The van der Waals surface area contributed by atoms with Gasteiger partial charge < -0.3 is 20.1 Å². The van der Waals surface area contributed by atoms with E-state index >= 15 is 0 Å². The number of carbonyl (C=O) groups excluding carboxylic acids is 1. The van der Waals surface area contributed by atoms with E-state index in [2.05, 4.69) is 20.9 Å². The number of amides is 2. The maximum atomic E-state index is 12.3. The number of hydrogen-bond acceptors (Lipinski definition) is 5. The number of hydrogen-bond donors (Lipinski definition) is 2. The van der Waals surface area contributed by atoms with Gasteiger partial charge in [-0.2, -0.15) is 0 Å². The van der Waals surface area contributed by atoms with Crippen molar-refractivity contribution >= 4 is 6.03 Å². The van der Waals surface area contributed by atoms with Crippen LogP contribution in [0.25, 0.3) is 11.3 Å². The van der Waals surface area contributed by atoms with Crippen molar-refractivity contribution in [1.82, 2.24) is 25.6 Å². The average Bonchev–Trinajstić information content (AvgIpc) is 3.51. The van der Waals surface area contributed by atoms with E-state index in [1.807, 2.05) is 71.5 Å². The van der Waals surface area contributed by atoms with Crippen molar-refractivity contribution < 1.29 is 14.3 Å². The molecule has 2 amide bonds. The number of carbonyl (C=O) groups is 1. The third-order valence-corrected chi connectivity index (χ3v) is 5.56. The Morgan fingerprint density at radius 1 is 1.00 bits per heavy atom. The standard InChI is InChI=1S/C22H23N5O3/c28-22(23-11-15-7-3-1-4-8-15)24-18-13-29-21-19(14-30-20(18)21)27-12-17(25-26-27)16-9-5-2-6-10-16/h1-10,12,18-21H,11,13-14H2,(H2,23,24,28)/t18-,19+,20-,21+/m1/s1. The van der Waals surface area contributed by atoms with E-state index in [1.165, 1.54) is 0 Å². The SMILES string of the molecule is O=C(NCc1ccccc1)N[C@@H]1CO[C@@H]2[C@@H]1OC[C@@H]2n1cc(-c2ccccc2)nn1. The molecule has 2 aliphatic heterocycles. The van der Waals surface area contributed by atoms with Gasteiger partial charge >= 0.3 is 6.03 Å². The molecule has 2 saturated heterocycles. The van der Waals surface area contributed by atoms with Crippen LogP contribution in [0.5, 0.6) is 0 Å². The molecule has 1 aromatic heterocycles. The number of aromatic nitrogens is 3. The summed E-state index contributed by atoms with van der Waals surface area (Å²) in [7, 11) is 0. The van der Waals surface area contributed by atoms with Gasteiger partial charge in [-0.05, 0) is 5.56 Å². The van der Waals surface area contributed by atoms with E-state index in [0.717, 1.165) is 16.8 Å². The Balaban J connectivity index is 1.19. The van der Waals surface area contributed by atoms with E-state index in [9.17, 15) is 4.79 Å². The first kappa shape index (κ1) is 18.8. The van der Waals surface area contributed by atoms with Crippen molar-refractivity contribution in [2.45, 2.75) is 30.8 Å². The van der Waals surface area contributed by atoms with Crippen LogP contribution in [0.1, 0.15) is 11.6 Å². The fourth-order valence-electron chi connectivity index (χ4n) is 4.01. The van der Waals surface area contributed by atoms with Gasteiger partial charge in [0.25, 0.3) is 0 Å². The van der Waals surface area contributed by atoms with Crippen molar-refractivity contribution in [3.8, 4) is 11.3 Å². The summed E-state index contributed by atoms with van der Waals surface area (Å²) >= 11 is 0. The summed E-state index contributed by atoms with van der Waals surface area (Å²) < 4.78 is 13.8. The molecule has 0 saturated carbocycles. The Bertz CT molecular complexity index is 994. The second-order valence-electron chi connectivity index (χ2n) is 7.53. The van der Waals surface area contributed by atoms with E-state index < -0.39 is 0 Å². The molecule has 8 nitrogen and oxygen atoms in total. The molecule has 5 rings (SSSR count). The minimum Gasteiger partial charge on any atom is -0.371 e. The van der Waals surface area contributed by atoms with Crippen LogP contribution < -0.4 is 10.6 Å². The summed E-state index contributed by atoms with van der Waals surface area (Å²) in [4.78, 5) is 12.3. The Hall–Kier alpha value is -3.23. The van der Waals surface area contributed by atoms with Crippen LogP contribution in [-0.2, 0) is 16.0 Å². The molecule has 0 bridgehead atoms. The number of nitrogens with zero attached hydrogens (tertiary/aromatic N) is 3. The largest absolute Gasteiger partial charge is 0.371 e. The highest BCUT2D eigenvalue weighted by molar-refractivity contribution is 5.74. The highest BCUT2D eigenvalue weighted by Gasteiger charge is 2.49. The fraction of sp³-hybridized carbons (Fsp3) is 0.318. The zero-order chi connectivity index (χ0) is 20.3. The quantitative estimate of drug-likeness (QED) is 0.679. The zero-order valence-corrected chi connectivity index (χ0v) is 16.3. The van der Waals surface area contributed by atoms with Gasteiger partial charge in [-0.15, -0.1) is 5.10 Å². The number of benzene rings is 2. The minimum absolute atomic E-state index is 0.0702. The van der Waals surface area contributed by atoms with Gasteiger partial charge in [0.1, 0.15) is 23.9 Å². The van der Waals surface area contributed by atoms with Gasteiger partial charge in [-0.25, -0.2) is 9.48 Å². The molecule has 3 heterocycles. The van der Waals surface area contributed by atoms with Gasteiger partial charge in [0.05, 0.1) is 25.5 Å². The van der Waals surface area contributed by atoms with Crippen molar-refractivity contribution in [2.75, 3.05) is 13.2 Å². The molecule has 2 aromatic carbocycles. The zero-order valence-electron chi connectivity index (χ0n) is 16.3. The molecule has 0 unspecified atom stereocenters. The lowest BCUT2D eigenvalue weighted by molar-refractivity contribution is 0.0622. The summed E-state index contributed by atoms with van der Waals surface area (Å²) in [5, 5.41) is 14.4. The molecule has 4 atom stereocenters. The smallest absolute Gasteiger partial charge is 0.315 e. The monoisotopic (exact) mass is 405 g/mol. The van der Waals surface area contributed by atoms with Gasteiger partial charge in [0.15, 0.2) is 0 Å². The number of rotatable bonds is 5. The first-order valence-electron chi connectivity index (χ1n) is 10.1. The van der Waals surface area contributed by atoms with E-state index in [0.29, 0.717) is 19.8 Å². The fourth-order valence-corrected chi connectivity index (χ4v) is 4.01. The Kier molecular flexibility index (Phi) is 5.17. The topological polar surface area (TPSA) is 90.3 Å². The Morgan fingerprint density at radius 3 is 2.53 bits per heavy atom. The van der Waals surface area contributed by atoms with Gasteiger partial charge in [-0.1, -0.05) is 65.9 Å². The Labute approximate surface area is 174 Å². The highest BCUT2D eigenvalue weighted by atomic mass is 16.6. The Morgan fingerprint density at radius 2 is 1.73 bits per heavy atom. The van der Waals surface area contributed by atoms with E-state index in [-0.39, 0.29) is 30.3 Å². The third-order valence-electron chi connectivity index (χ3n) is 5.56. The van der Waals surface area contributed by atoms with Crippen LogP contribution in [0, 0.1) is 0 Å². The molecule has 2 N–H and O–H groups in total. The van der Waals surface area contributed by atoms with Gasteiger partial charge in [0.2, 0.25) is 0 Å². The number of fused-ring (bicyclic) bond motifs is 1. The molecule has 3 aromatic rings. The first-order valence-corrected chi connectivity index (χ1v) is 10.1. The molecule has 2 aliphatic rings. The van der Waals surface area contributed by atoms with Crippen LogP contribution in [0.15, 0.2) is 66.9 Å². The number of ether oxygens (including phenoxy) is 2. The maximum Gasteiger partial charge on any atom is 0.315 e. The van der Waals surface area contributed by atoms with Gasteiger partial charge in [-0.3, -0.25) is 0 Å². The average molecular weight is 405 g/mol. The predicted molar refractivity (Wildman–Crippen MR) is 110 cm³/mol. The number of urea groups is 1. The molecule has 2 fully saturated rings. The lowest BCUT2D eigenvalue weighted by Gasteiger charge is -2.18. The van der Waals surface area contributed by atoms with Gasteiger partial charge in [0, 0.05) is 12.1 Å². The molecule has 0 aliphatic carbocycles. The summed E-state index contributed by atoms with van der Waals surface area (Å²) in [5.74, 6) is 0. The van der Waals surface area contributed by atoms with Crippen LogP contribution in [0.2, 0.25) is 0 Å². The van der Waals surface area contributed by atoms with Crippen molar-refractivity contribution in [1.29, 1.82) is 0 Å². The molecule has 8 heteroatoms. The summed E-state index contributed by atoms with van der Waals surface area (Å²) in [6, 6.07) is 19.2. The predicted octanol–water partition coefficient (Wildman–Crippen LogP) is 2.15. The molecular weight excluding hydrogens is 382 g/mol. The van der Waals surface area contributed by atoms with E-state index in [1.54, 1.807) is 0 Å². The third kappa shape index (κ3) is 3.79. The molecule has 30 heavy (non-hydrogen) atoms. The molecule has 154 valence electrons. The molecule has 0 spiro atoms. The first-order chi connectivity index (χ1) is 14.8. The van der Waals surface area contributed by atoms with Crippen molar-refractivity contribution in [3.05, 3.63) is 72.4 Å². The summed E-state index contributed by atoms with van der Waals surface area (Å²) in [5.41, 5.74) is 2.87. The van der Waals surface area contributed by atoms with Crippen LogP contribution in [-0.4, -0.2) is 52.5 Å². The van der Waals surface area contributed by atoms with Crippen molar-refractivity contribution in [3.63, 3.8) is 0 Å². The molecular formula is C22H23N5O3. The number of nitrogens with one attached hydrogen (secondary N) is 2. The minimum atomic E-state index is -0.229. The van der Waals surface area contributed by atoms with Crippen LogP contribution in [0.3, 0.4) is 0 Å². The summed E-state index contributed by atoms with van der Waals surface area (Å²) in [6.45, 7) is 1.35. The maximum absolute atomic E-state index is 12.3. The lowest BCUT2D eigenvalue weighted by Crippen LogP contribution is -2.48. The second-order valence-corrected chi connectivity index (χ2v) is 7.53. The highest BCUT2D eigenvalue weighted by Crippen LogP contribution is 2.34.